The molecule has 0 bridgehead atoms. The third-order valence-electron chi connectivity index (χ3n) is 6.61. The van der Waals surface area contributed by atoms with Gasteiger partial charge >= 0.3 is 6.18 Å². The van der Waals surface area contributed by atoms with E-state index >= 15 is 0 Å². The van der Waals surface area contributed by atoms with Crippen molar-refractivity contribution in [2.75, 3.05) is 17.2 Å². The lowest BCUT2D eigenvalue weighted by Gasteiger charge is -2.35. The van der Waals surface area contributed by atoms with E-state index in [2.05, 4.69) is 26.1 Å². The second-order valence-electron chi connectivity index (χ2n) is 10.7. The molecule has 4 N–H and O–H groups in total. The fraction of sp³-hybridized carbons (Fsp3) is 0.538. The third-order valence-corrected chi connectivity index (χ3v) is 8.41. The van der Waals surface area contributed by atoms with Gasteiger partial charge < -0.3 is 16.2 Å². The average Bonchev–Trinajstić information content (AvgIpc) is 2.75. The fourth-order valence-corrected chi connectivity index (χ4v) is 6.56. The van der Waals surface area contributed by atoms with Crippen molar-refractivity contribution >= 4 is 40.3 Å². The first kappa shape index (κ1) is 34.4. The van der Waals surface area contributed by atoms with Gasteiger partial charge in [-0.1, -0.05) is 51.1 Å². The summed E-state index contributed by atoms with van der Waals surface area (Å²) in [7, 11) is -3.52. The van der Waals surface area contributed by atoms with Crippen LogP contribution in [0.25, 0.3) is 0 Å². The van der Waals surface area contributed by atoms with Crippen LogP contribution in [0.1, 0.15) is 49.4 Å². The largest absolute Gasteiger partial charge is 0.396 e. The van der Waals surface area contributed by atoms with E-state index in [0.717, 1.165) is 17.2 Å². The Bertz CT molecular complexity index is 1190. The van der Waals surface area contributed by atoms with Crippen LogP contribution in [-0.2, 0) is 34.6 Å². The highest BCUT2D eigenvalue weighted by molar-refractivity contribution is 7.91. The van der Waals surface area contributed by atoms with Gasteiger partial charge in [-0.25, -0.2) is 12.8 Å². The molecular formula is C26H36Cl2F4N2O3S. The normalized spacial score (nSPS) is 21.3. The summed E-state index contributed by atoms with van der Waals surface area (Å²) < 4.78 is 77.6. The second kappa shape index (κ2) is 13.2. The summed E-state index contributed by atoms with van der Waals surface area (Å²) in [5.74, 6) is -2.14. The van der Waals surface area contributed by atoms with E-state index in [-0.39, 0.29) is 59.4 Å². The lowest BCUT2D eigenvalue weighted by Crippen LogP contribution is -2.54. The number of nitrogens with one attached hydrogen (secondary N) is 1. The molecule has 2 aromatic carbocycles. The van der Waals surface area contributed by atoms with Crippen LogP contribution in [0.2, 0.25) is 0 Å². The van der Waals surface area contributed by atoms with Gasteiger partial charge in [0.2, 0.25) is 0 Å². The summed E-state index contributed by atoms with van der Waals surface area (Å²) in [5, 5.41) is 14.2. The number of nitrogen functional groups attached to an aromatic ring is 1. The van der Waals surface area contributed by atoms with Crippen molar-refractivity contribution in [2.24, 2.45) is 5.92 Å². The molecule has 0 unspecified atom stereocenters. The molecule has 38 heavy (non-hydrogen) atoms. The van der Waals surface area contributed by atoms with E-state index < -0.39 is 52.7 Å². The van der Waals surface area contributed by atoms with Crippen LogP contribution in [0.4, 0.5) is 23.2 Å². The third kappa shape index (κ3) is 9.55. The maximum absolute atomic E-state index is 14.4. The van der Waals surface area contributed by atoms with Gasteiger partial charge in [0, 0.05) is 24.9 Å². The van der Waals surface area contributed by atoms with E-state index in [1.807, 2.05) is 24.3 Å². The van der Waals surface area contributed by atoms with E-state index in [4.69, 9.17) is 5.73 Å². The summed E-state index contributed by atoms with van der Waals surface area (Å²) in [5.41, 5.74) is 7.63. The summed E-state index contributed by atoms with van der Waals surface area (Å²) in [4.78, 5) is 0. The van der Waals surface area contributed by atoms with E-state index in [9.17, 15) is 31.1 Å². The molecular weight excluding hydrogens is 567 g/mol. The van der Waals surface area contributed by atoms with Gasteiger partial charge in [0.25, 0.3) is 0 Å². The first-order valence-corrected chi connectivity index (χ1v) is 13.7. The minimum atomic E-state index is -4.42. The minimum absolute atomic E-state index is 0. The van der Waals surface area contributed by atoms with E-state index in [0.29, 0.717) is 12.1 Å². The van der Waals surface area contributed by atoms with E-state index in [1.54, 1.807) is 0 Å². The molecule has 1 aliphatic rings. The van der Waals surface area contributed by atoms with Crippen LogP contribution in [0.5, 0.6) is 0 Å². The van der Waals surface area contributed by atoms with Crippen LogP contribution in [0, 0.1) is 11.7 Å². The molecule has 0 aromatic heterocycles. The number of benzene rings is 2. The number of aliphatic hydroxyl groups excluding tert-OH is 1. The number of nitrogens with two attached hydrogens (primary N) is 1. The van der Waals surface area contributed by atoms with Crippen molar-refractivity contribution in [2.45, 2.75) is 70.3 Å². The highest BCUT2D eigenvalue weighted by Gasteiger charge is 2.39. The molecule has 2 aromatic rings. The van der Waals surface area contributed by atoms with Crippen LogP contribution >= 0.6 is 24.8 Å². The summed E-state index contributed by atoms with van der Waals surface area (Å²) in [6.45, 7) is 6.63. The van der Waals surface area contributed by atoms with Crippen LogP contribution < -0.4 is 11.1 Å². The Balaban J connectivity index is 0.00000361. The summed E-state index contributed by atoms with van der Waals surface area (Å²) in [6, 6.07) is 9.64. The van der Waals surface area contributed by atoms with Gasteiger partial charge in [-0.3, -0.25) is 0 Å². The molecule has 0 aliphatic carbocycles. The molecule has 12 heteroatoms. The Kier molecular flexibility index (Phi) is 11.9. The van der Waals surface area contributed by atoms with Crippen molar-refractivity contribution in [1.82, 2.24) is 5.32 Å². The molecule has 3 atom stereocenters. The van der Waals surface area contributed by atoms with Gasteiger partial charge in [-0.15, -0.1) is 24.8 Å². The number of rotatable bonds is 7. The van der Waals surface area contributed by atoms with Gasteiger partial charge in [-0.05, 0) is 46.6 Å². The Morgan fingerprint density at radius 1 is 1.05 bits per heavy atom. The zero-order chi connectivity index (χ0) is 26.9. The molecule has 0 amide bonds. The number of aryl methyl sites for hydroxylation is 1. The predicted octanol–water partition coefficient (Wildman–Crippen LogP) is 5.15. The second-order valence-corrected chi connectivity index (χ2v) is 12.9. The van der Waals surface area contributed by atoms with Gasteiger partial charge in [-0.2, -0.15) is 13.2 Å². The Labute approximate surface area is 234 Å². The zero-order valence-corrected chi connectivity index (χ0v) is 24.0. The lowest BCUT2D eigenvalue weighted by molar-refractivity contribution is -0.133. The number of halogens is 6. The Morgan fingerprint density at radius 3 is 2.32 bits per heavy atom. The fourth-order valence-electron chi connectivity index (χ4n) is 4.59. The maximum Gasteiger partial charge on any atom is 0.389 e. The van der Waals surface area contributed by atoms with Crippen molar-refractivity contribution in [1.29, 1.82) is 0 Å². The molecule has 1 fully saturated rings. The van der Waals surface area contributed by atoms with Crippen molar-refractivity contribution in [3.8, 4) is 0 Å². The number of alkyl halides is 3. The first-order valence-electron chi connectivity index (χ1n) is 11.9. The molecule has 0 spiro atoms. The smallest absolute Gasteiger partial charge is 0.389 e. The maximum atomic E-state index is 14.4. The van der Waals surface area contributed by atoms with Crippen molar-refractivity contribution in [3.05, 3.63) is 64.5 Å². The quantitative estimate of drug-likeness (QED) is 0.301. The monoisotopic (exact) mass is 602 g/mol. The SMILES string of the molecule is CC(C)(C)c1cccc(CN[C@H]2CS(=O)(=O)C[C@@H](Cc3cc(F)c(N)c(CCC(F)(F)F)c3)[C@@H]2O)c1.Cl.Cl. The Hall–Kier alpha value is -1.59. The first-order chi connectivity index (χ1) is 16.5. The number of aliphatic hydroxyl groups is 1. The van der Waals surface area contributed by atoms with Crippen LogP contribution in [0.15, 0.2) is 36.4 Å². The molecule has 5 nitrogen and oxygen atoms in total. The molecule has 1 heterocycles. The zero-order valence-electron chi connectivity index (χ0n) is 21.5. The lowest BCUT2D eigenvalue weighted by atomic mass is 9.86. The number of hydrogen-bond donors (Lipinski definition) is 3. The minimum Gasteiger partial charge on any atom is -0.396 e. The number of anilines is 1. The highest BCUT2D eigenvalue weighted by Crippen LogP contribution is 2.30. The molecule has 216 valence electrons. The molecule has 1 saturated heterocycles. The Morgan fingerprint density at radius 2 is 1.71 bits per heavy atom. The molecule has 1 aliphatic heterocycles. The molecule has 0 saturated carbocycles. The topological polar surface area (TPSA) is 92.4 Å². The summed E-state index contributed by atoms with van der Waals surface area (Å²) >= 11 is 0. The average molecular weight is 604 g/mol. The van der Waals surface area contributed by atoms with Crippen LogP contribution in [0.3, 0.4) is 0 Å². The molecule has 3 rings (SSSR count). The van der Waals surface area contributed by atoms with Crippen molar-refractivity contribution < 1.29 is 31.1 Å². The van der Waals surface area contributed by atoms with Crippen molar-refractivity contribution in [3.63, 3.8) is 0 Å². The van der Waals surface area contributed by atoms with Gasteiger partial charge in [0.05, 0.1) is 23.3 Å². The molecule has 0 radical (unpaired) electrons. The number of hydrogen-bond acceptors (Lipinski definition) is 5. The van der Waals surface area contributed by atoms with Gasteiger partial charge in [0.15, 0.2) is 9.84 Å². The standard InChI is InChI=1S/C26H34F4N2O3S.2ClH/c1-25(2,3)20-6-4-5-16(11-20)13-32-22-15-36(34,35)14-19(24(22)33)10-17-9-18(7-8-26(28,29)30)23(31)21(27)12-17;;/h4-6,9,11-12,19,22,24,32-33H,7-8,10,13-15,31H2,1-3H3;2*1H/t19-,22+,24+;;/m1../s1. The summed E-state index contributed by atoms with van der Waals surface area (Å²) in [6.07, 6.45) is -7.10. The predicted molar refractivity (Wildman–Crippen MR) is 147 cm³/mol. The van der Waals surface area contributed by atoms with E-state index in [1.165, 1.54) is 6.07 Å². The van der Waals surface area contributed by atoms with Gasteiger partial charge in [0.1, 0.15) is 5.82 Å². The number of sulfone groups is 1. The van der Waals surface area contributed by atoms with Crippen LogP contribution in [-0.4, -0.2) is 43.4 Å². The highest BCUT2D eigenvalue weighted by atomic mass is 35.5.